The van der Waals surface area contributed by atoms with Crippen LogP contribution in [0.5, 0.6) is 0 Å². The minimum atomic E-state index is -4.39. The van der Waals surface area contributed by atoms with Crippen LogP contribution in [0.2, 0.25) is 0 Å². The monoisotopic (exact) mass is 313 g/mol. The van der Waals surface area contributed by atoms with Crippen LogP contribution in [0.15, 0.2) is 29.4 Å². The van der Waals surface area contributed by atoms with E-state index in [9.17, 15) is 18.0 Å². The number of piperidine rings is 1. The van der Waals surface area contributed by atoms with Crippen molar-refractivity contribution in [2.75, 3.05) is 19.6 Å². The minimum absolute atomic E-state index is 0.259. The third-order valence-corrected chi connectivity index (χ3v) is 3.43. The Labute approximate surface area is 127 Å². The van der Waals surface area contributed by atoms with Crippen LogP contribution < -0.4 is 5.43 Å². The van der Waals surface area contributed by atoms with E-state index < -0.39 is 11.7 Å². The molecule has 0 atom stereocenters. The third kappa shape index (κ3) is 5.14. The van der Waals surface area contributed by atoms with Gasteiger partial charge in [-0.25, -0.2) is 5.43 Å². The van der Waals surface area contributed by atoms with Crippen molar-refractivity contribution in [3.63, 3.8) is 0 Å². The van der Waals surface area contributed by atoms with Crippen LogP contribution in [-0.4, -0.2) is 36.7 Å². The highest BCUT2D eigenvalue weighted by molar-refractivity contribution is 5.83. The van der Waals surface area contributed by atoms with E-state index in [1.807, 2.05) is 4.90 Å². The molecular weight excluding hydrogens is 295 g/mol. The first-order valence-corrected chi connectivity index (χ1v) is 7.17. The molecule has 22 heavy (non-hydrogen) atoms. The van der Waals surface area contributed by atoms with E-state index in [0.717, 1.165) is 38.1 Å². The van der Waals surface area contributed by atoms with Crippen LogP contribution in [0, 0.1) is 0 Å². The van der Waals surface area contributed by atoms with Gasteiger partial charge in [0.25, 0.3) is 5.91 Å². The van der Waals surface area contributed by atoms with Crippen molar-refractivity contribution < 1.29 is 18.0 Å². The number of benzene rings is 1. The smallest absolute Gasteiger partial charge is 0.294 e. The number of carbonyl (C=O) groups excluding carboxylic acids is 1. The van der Waals surface area contributed by atoms with Gasteiger partial charge in [0.1, 0.15) is 0 Å². The summed E-state index contributed by atoms with van der Waals surface area (Å²) in [5, 5.41) is 3.71. The van der Waals surface area contributed by atoms with Crippen LogP contribution in [-0.2, 0) is 11.0 Å². The second kappa shape index (κ2) is 7.40. The molecule has 0 spiro atoms. The number of nitrogens with zero attached hydrogens (tertiary/aromatic N) is 2. The number of carbonyl (C=O) groups is 1. The fourth-order valence-corrected chi connectivity index (χ4v) is 2.33. The normalized spacial score (nSPS) is 16.9. The molecule has 1 N–H and O–H groups in total. The predicted octanol–water partition coefficient (Wildman–Crippen LogP) is 2.64. The maximum Gasteiger partial charge on any atom is 0.416 e. The minimum Gasteiger partial charge on any atom is -0.294 e. The maximum absolute atomic E-state index is 12.6. The first-order valence-electron chi connectivity index (χ1n) is 7.17. The van der Waals surface area contributed by atoms with E-state index in [0.29, 0.717) is 0 Å². The fourth-order valence-electron chi connectivity index (χ4n) is 2.33. The number of hydrazone groups is 1. The largest absolute Gasteiger partial charge is 0.416 e. The molecule has 1 aliphatic rings. The number of amides is 1. The molecule has 1 aromatic carbocycles. The molecule has 0 radical (unpaired) electrons. The fraction of sp³-hybridized carbons (Fsp3) is 0.467. The lowest BCUT2D eigenvalue weighted by atomic mass is 10.1. The van der Waals surface area contributed by atoms with Gasteiger partial charge in [0.15, 0.2) is 0 Å². The van der Waals surface area contributed by atoms with E-state index in [1.54, 1.807) is 0 Å². The summed E-state index contributed by atoms with van der Waals surface area (Å²) in [5.74, 6) is -0.259. The number of hydrogen-bond donors (Lipinski definition) is 1. The lowest BCUT2D eigenvalue weighted by Gasteiger charge is -2.25. The summed E-state index contributed by atoms with van der Waals surface area (Å²) < 4.78 is 37.7. The molecule has 2 rings (SSSR count). The first-order chi connectivity index (χ1) is 10.4. The van der Waals surface area contributed by atoms with Gasteiger partial charge in [-0.1, -0.05) is 18.6 Å². The van der Waals surface area contributed by atoms with Crippen molar-refractivity contribution in [1.82, 2.24) is 10.3 Å². The van der Waals surface area contributed by atoms with E-state index in [1.165, 1.54) is 24.8 Å². The van der Waals surface area contributed by atoms with E-state index >= 15 is 0 Å². The summed E-state index contributed by atoms with van der Waals surface area (Å²) >= 11 is 0. The van der Waals surface area contributed by atoms with Gasteiger partial charge in [-0.3, -0.25) is 9.69 Å². The van der Waals surface area contributed by atoms with Crippen molar-refractivity contribution in [3.05, 3.63) is 35.4 Å². The molecule has 0 unspecified atom stereocenters. The zero-order chi connectivity index (χ0) is 16.0. The number of alkyl halides is 3. The first kappa shape index (κ1) is 16.5. The number of rotatable bonds is 4. The van der Waals surface area contributed by atoms with E-state index in [2.05, 4.69) is 10.5 Å². The van der Waals surface area contributed by atoms with E-state index in [4.69, 9.17) is 0 Å². The van der Waals surface area contributed by atoms with Gasteiger partial charge in [0.2, 0.25) is 0 Å². The summed E-state index contributed by atoms with van der Waals surface area (Å²) in [4.78, 5) is 13.7. The number of hydrogen-bond acceptors (Lipinski definition) is 3. The van der Waals surface area contributed by atoms with Crippen molar-refractivity contribution in [2.24, 2.45) is 5.10 Å². The molecule has 0 bridgehead atoms. The zero-order valence-corrected chi connectivity index (χ0v) is 12.1. The van der Waals surface area contributed by atoms with Crippen LogP contribution in [0.4, 0.5) is 13.2 Å². The van der Waals surface area contributed by atoms with Crippen molar-refractivity contribution >= 4 is 12.1 Å². The second-order valence-electron chi connectivity index (χ2n) is 5.25. The zero-order valence-electron chi connectivity index (χ0n) is 12.1. The molecule has 0 aliphatic carbocycles. The lowest BCUT2D eigenvalue weighted by Crippen LogP contribution is -2.38. The van der Waals surface area contributed by atoms with Crippen molar-refractivity contribution in [1.29, 1.82) is 0 Å². The number of halogens is 3. The second-order valence-corrected chi connectivity index (χ2v) is 5.25. The summed E-state index contributed by atoms with van der Waals surface area (Å²) in [5.41, 5.74) is 1.89. The van der Waals surface area contributed by atoms with Gasteiger partial charge in [-0.15, -0.1) is 0 Å². The highest BCUT2D eigenvalue weighted by atomic mass is 19.4. The van der Waals surface area contributed by atoms with Gasteiger partial charge in [0.05, 0.1) is 18.3 Å². The van der Waals surface area contributed by atoms with Gasteiger partial charge < -0.3 is 0 Å². The molecule has 0 saturated carbocycles. The lowest BCUT2D eigenvalue weighted by molar-refractivity contribution is -0.137. The molecule has 120 valence electrons. The topological polar surface area (TPSA) is 44.7 Å². The molecule has 1 aliphatic heterocycles. The van der Waals surface area contributed by atoms with Gasteiger partial charge >= 0.3 is 6.18 Å². The quantitative estimate of drug-likeness (QED) is 0.686. The SMILES string of the molecule is O=C(CN1CCCCC1)N/N=C/c1cccc(C(F)(F)F)c1. The highest BCUT2D eigenvalue weighted by Gasteiger charge is 2.30. The maximum atomic E-state index is 12.6. The molecule has 1 fully saturated rings. The van der Waals surface area contributed by atoms with Crippen LogP contribution >= 0.6 is 0 Å². The molecule has 0 aromatic heterocycles. The Morgan fingerprint density at radius 2 is 2.00 bits per heavy atom. The Morgan fingerprint density at radius 1 is 1.27 bits per heavy atom. The molecule has 1 heterocycles. The Hall–Kier alpha value is -1.89. The van der Waals surface area contributed by atoms with Crippen LogP contribution in [0.1, 0.15) is 30.4 Å². The summed E-state index contributed by atoms with van der Waals surface area (Å²) in [6.45, 7) is 2.05. The van der Waals surface area contributed by atoms with Crippen LogP contribution in [0.3, 0.4) is 0 Å². The van der Waals surface area contributed by atoms with Crippen LogP contribution in [0.25, 0.3) is 0 Å². The standard InChI is InChI=1S/C15H18F3N3O/c16-15(17,18)13-6-4-5-12(9-13)10-19-20-14(22)11-21-7-2-1-3-8-21/h4-6,9-10H,1-3,7-8,11H2,(H,20,22)/b19-10+. The van der Waals surface area contributed by atoms with Gasteiger partial charge in [0, 0.05) is 0 Å². The Morgan fingerprint density at radius 3 is 2.68 bits per heavy atom. The number of likely N-dealkylation sites (tertiary alicyclic amines) is 1. The molecule has 1 amide bonds. The Bertz CT molecular complexity index is 537. The molecular formula is C15H18F3N3O. The average Bonchev–Trinajstić information content (AvgIpc) is 2.48. The summed E-state index contributed by atoms with van der Waals surface area (Å²) in [7, 11) is 0. The molecule has 1 aromatic rings. The molecule has 7 heteroatoms. The number of nitrogens with one attached hydrogen (secondary N) is 1. The molecule has 1 saturated heterocycles. The van der Waals surface area contributed by atoms with E-state index in [-0.39, 0.29) is 18.0 Å². The summed E-state index contributed by atoms with van der Waals surface area (Å²) in [6, 6.07) is 4.78. The van der Waals surface area contributed by atoms with Gasteiger partial charge in [-0.05, 0) is 43.6 Å². The Kier molecular flexibility index (Phi) is 5.54. The molecule has 4 nitrogen and oxygen atoms in total. The average molecular weight is 313 g/mol. The summed E-state index contributed by atoms with van der Waals surface area (Å²) in [6.07, 6.45) is 0.179. The van der Waals surface area contributed by atoms with Gasteiger partial charge in [-0.2, -0.15) is 18.3 Å². The van der Waals surface area contributed by atoms with Crippen molar-refractivity contribution in [2.45, 2.75) is 25.4 Å². The third-order valence-electron chi connectivity index (χ3n) is 3.43. The Balaban J connectivity index is 1.85. The van der Waals surface area contributed by atoms with Crippen molar-refractivity contribution in [3.8, 4) is 0 Å². The predicted molar refractivity (Wildman–Crippen MR) is 77.5 cm³/mol. The highest BCUT2D eigenvalue weighted by Crippen LogP contribution is 2.29.